The second kappa shape index (κ2) is 8.00. The third-order valence-corrected chi connectivity index (χ3v) is 3.75. The number of rotatable bonds is 5. The molecule has 0 spiro atoms. The molecule has 0 fully saturated rings. The van der Waals surface area contributed by atoms with Gasteiger partial charge in [0.15, 0.2) is 11.5 Å². The van der Waals surface area contributed by atoms with Crippen molar-refractivity contribution in [3.63, 3.8) is 0 Å². The van der Waals surface area contributed by atoms with Crippen LogP contribution in [0.3, 0.4) is 0 Å². The van der Waals surface area contributed by atoms with Crippen molar-refractivity contribution in [2.75, 3.05) is 14.2 Å². The lowest BCUT2D eigenvalue weighted by molar-refractivity contribution is -0.117. The van der Waals surface area contributed by atoms with Crippen LogP contribution in [0.15, 0.2) is 41.8 Å². The summed E-state index contributed by atoms with van der Waals surface area (Å²) in [7, 11) is 3.09. The van der Waals surface area contributed by atoms with E-state index in [0.717, 1.165) is 5.56 Å². The highest BCUT2D eigenvalue weighted by Gasteiger charge is 2.06. The zero-order valence-corrected chi connectivity index (χ0v) is 13.5. The molecule has 1 heterocycles. The van der Waals surface area contributed by atoms with Gasteiger partial charge in [-0.25, -0.2) is 0 Å². The predicted octanol–water partition coefficient (Wildman–Crippen LogP) is 2.24. The minimum Gasteiger partial charge on any atom is -0.493 e. The largest absolute Gasteiger partial charge is 0.493 e. The van der Waals surface area contributed by atoms with Crippen LogP contribution in [0.25, 0.3) is 6.08 Å². The Balaban J connectivity index is 1.92. The molecule has 0 saturated carbocycles. The number of carbonyl (C=O) groups is 2. The summed E-state index contributed by atoms with van der Waals surface area (Å²) >= 11 is 1.29. The Morgan fingerprint density at radius 2 is 1.87 bits per heavy atom. The molecule has 6 nitrogen and oxygen atoms in total. The molecule has 2 amide bonds. The Morgan fingerprint density at radius 3 is 2.52 bits per heavy atom. The number of carbonyl (C=O) groups excluding carboxylic acids is 2. The molecule has 0 aliphatic carbocycles. The average molecular weight is 332 g/mol. The summed E-state index contributed by atoms with van der Waals surface area (Å²) in [4.78, 5) is 23.9. The van der Waals surface area contributed by atoms with Gasteiger partial charge in [-0.2, -0.15) is 0 Å². The first kappa shape index (κ1) is 16.6. The third kappa shape index (κ3) is 4.58. The molecule has 0 aliphatic rings. The summed E-state index contributed by atoms with van der Waals surface area (Å²) in [6.45, 7) is 0. The van der Waals surface area contributed by atoms with Gasteiger partial charge in [0.25, 0.3) is 11.8 Å². The van der Waals surface area contributed by atoms with E-state index >= 15 is 0 Å². The van der Waals surface area contributed by atoms with Gasteiger partial charge in [-0.15, -0.1) is 11.3 Å². The van der Waals surface area contributed by atoms with Gasteiger partial charge in [0.2, 0.25) is 0 Å². The first-order valence-corrected chi connectivity index (χ1v) is 7.56. The number of benzene rings is 1. The molecule has 0 aliphatic heterocycles. The molecule has 2 aromatic rings. The summed E-state index contributed by atoms with van der Waals surface area (Å²) in [5.74, 6) is 0.385. The van der Waals surface area contributed by atoms with Crippen molar-refractivity contribution in [3.05, 3.63) is 52.2 Å². The van der Waals surface area contributed by atoms with Gasteiger partial charge >= 0.3 is 0 Å². The van der Waals surface area contributed by atoms with E-state index < -0.39 is 5.91 Å². The van der Waals surface area contributed by atoms with Crippen molar-refractivity contribution in [3.8, 4) is 11.5 Å². The number of amides is 2. The number of nitrogens with one attached hydrogen (secondary N) is 2. The number of methoxy groups -OCH3 is 2. The maximum atomic E-state index is 11.7. The fourth-order valence-electron chi connectivity index (χ4n) is 1.76. The van der Waals surface area contributed by atoms with Crippen LogP contribution in [0, 0.1) is 0 Å². The Labute approximate surface area is 137 Å². The van der Waals surface area contributed by atoms with Crippen LogP contribution in [0.1, 0.15) is 15.2 Å². The van der Waals surface area contributed by atoms with E-state index in [-0.39, 0.29) is 5.91 Å². The van der Waals surface area contributed by atoms with Crippen molar-refractivity contribution in [1.82, 2.24) is 10.9 Å². The maximum Gasteiger partial charge on any atom is 0.279 e. The molecule has 0 bridgehead atoms. The normalized spacial score (nSPS) is 10.3. The number of hydrazine groups is 1. The fraction of sp³-hybridized carbons (Fsp3) is 0.125. The highest BCUT2D eigenvalue weighted by atomic mass is 32.1. The van der Waals surface area contributed by atoms with E-state index in [1.807, 2.05) is 0 Å². The smallest absolute Gasteiger partial charge is 0.279 e. The second-order valence-corrected chi connectivity index (χ2v) is 5.32. The molecule has 7 heteroatoms. The lowest BCUT2D eigenvalue weighted by atomic mass is 10.2. The molecule has 120 valence electrons. The van der Waals surface area contributed by atoms with E-state index in [2.05, 4.69) is 10.9 Å². The minimum atomic E-state index is -0.440. The molecule has 0 radical (unpaired) electrons. The summed E-state index contributed by atoms with van der Waals surface area (Å²) in [6, 6.07) is 8.71. The molecule has 0 saturated heterocycles. The van der Waals surface area contributed by atoms with Gasteiger partial charge in [0, 0.05) is 6.08 Å². The van der Waals surface area contributed by atoms with Gasteiger partial charge in [0.1, 0.15) is 0 Å². The van der Waals surface area contributed by atoms with Crippen LogP contribution in [-0.2, 0) is 4.79 Å². The van der Waals surface area contributed by atoms with Crippen LogP contribution in [0.2, 0.25) is 0 Å². The highest BCUT2D eigenvalue weighted by molar-refractivity contribution is 7.12. The highest BCUT2D eigenvalue weighted by Crippen LogP contribution is 2.27. The number of hydrogen-bond donors (Lipinski definition) is 2. The number of ether oxygens (including phenoxy) is 2. The van der Waals surface area contributed by atoms with Gasteiger partial charge < -0.3 is 9.47 Å². The minimum absolute atomic E-state index is 0.354. The Hall–Kier alpha value is -2.80. The summed E-state index contributed by atoms with van der Waals surface area (Å²) in [6.07, 6.45) is 2.92. The molecular weight excluding hydrogens is 316 g/mol. The van der Waals surface area contributed by atoms with Crippen LogP contribution in [-0.4, -0.2) is 26.0 Å². The molecule has 0 atom stereocenters. The molecule has 0 unspecified atom stereocenters. The van der Waals surface area contributed by atoms with Crippen LogP contribution in [0.4, 0.5) is 0 Å². The molecule has 23 heavy (non-hydrogen) atoms. The standard InChI is InChI=1S/C16H16N2O4S/c1-21-12-7-5-11(10-13(12)22-2)6-8-15(19)17-18-16(20)14-4-3-9-23-14/h3-10H,1-2H3,(H,17,19)(H,18,20). The van der Waals surface area contributed by atoms with Crippen molar-refractivity contribution in [2.45, 2.75) is 0 Å². The summed E-state index contributed by atoms with van der Waals surface area (Å²) in [5.41, 5.74) is 5.42. The maximum absolute atomic E-state index is 11.7. The van der Waals surface area contributed by atoms with E-state index in [4.69, 9.17) is 9.47 Å². The van der Waals surface area contributed by atoms with Crippen molar-refractivity contribution < 1.29 is 19.1 Å². The Kier molecular flexibility index (Phi) is 5.76. The first-order chi connectivity index (χ1) is 11.1. The van der Waals surface area contributed by atoms with E-state index in [1.165, 1.54) is 24.5 Å². The Morgan fingerprint density at radius 1 is 1.09 bits per heavy atom. The summed E-state index contributed by atoms with van der Waals surface area (Å²) < 4.78 is 10.3. The lowest BCUT2D eigenvalue weighted by Gasteiger charge is -2.07. The first-order valence-electron chi connectivity index (χ1n) is 6.68. The second-order valence-electron chi connectivity index (χ2n) is 4.37. The van der Waals surface area contributed by atoms with E-state index in [0.29, 0.717) is 16.4 Å². The van der Waals surface area contributed by atoms with Gasteiger partial charge in [-0.3, -0.25) is 20.4 Å². The third-order valence-electron chi connectivity index (χ3n) is 2.88. The monoisotopic (exact) mass is 332 g/mol. The Bertz CT molecular complexity index is 711. The van der Waals surface area contributed by atoms with Crippen molar-refractivity contribution in [2.24, 2.45) is 0 Å². The molecule has 1 aromatic carbocycles. The topological polar surface area (TPSA) is 76.7 Å². The van der Waals surface area contributed by atoms with Crippen molar-refractivity contribution >= 4 is 29.2 Å². The van der Waals surface area contributed by atoms with Gasteiger partial charge in [-0.1, -0.05) is 12.1 Å². The fourth-order valence-corrected chi connectivity index (χ4v) is 2.38. The van der Waals surface area contributed by atoms with Crippen molar-refractivity contribution in [1.29, 1.82) is 0 Å². The van der Waals surface area contributed by atoms with E-state index in [1.54, 1.807) is 48.9 Å². The number of thiophene rings is 1. The van der Waals surface area contributed by atoms with Gasteiger partial charge in [0.05, 0.1) is 19.1 Å². The zero-order valence-electron chi connectivity index (χ0n) is 12.7. The molecule has 2 rings (SSSR count). The van der Waals surface area contributed by atoms with Crippen LogP contribution >= 0.6 is 11.3 Å². The van der Waals surface area contributed by atoms with Gasteiger partial charge in [-0.05, 0) is 35.2 Å². The zero-order chi connectivity index (χ0) is 16.7. The van der Waals surface area contributed by atoms with Crippen LogP contribution < -0.4 is 20.3 Å². The molecule has 2 N–H and O–H groups in total. The molecular formula is C16H16N2O4S. The quantitative estimate of drug-likeness (QED) is 0.650. The van der Waals surface area contributed by atoms with Crippen LogP contribution in [0.5, 0.6) is 11.5 Å². The average Bonchev–Trinajstić information content (AvgIpc) is 3.12. The SMILES string of the molecule is COc1ccc(C=CC(=O)NNC(=O)c2cccs2)cc1OC. The summed E-state index contributed by atoms with van der Waals surface area (Å²) in [5, 5.41) is 1.79. The lowest BCUT2D eigenvalue weighted by Crippen LogP contribution is -2.40. The number of hydrogen-bond acceptors (Lipinski definition) is 5. The predicted molar refractivity (Wildman–Crippen MR) is 88.5 cm³/mol. The molecule has 1 aromatic heterocycles. The van der Waals surface area contributed by atoms with E-state index in [9.17, 15) is 9.59 Å².